The number of aryl methyl sites for hydroxylation is 1. The van der Waals surface area contributed by atoms with E-state index in [9.17, 15) is 14.9 Å². The molecule has 1 heterocycles. The van der Waals surface area contributed by atoms with Crippen LogP contribution >= 0.6 is 11.8 Å². The minimum Gasteiger partial charge on any atom is -0.322 e. The van der Waals surface area contributed by atoms with Crippen molar-refractivity contribution in [3.05, 3.63) is 89.1 Å². The van der Waals surface area contributed by atoms with Crippen LogP contribution in [0.4, 0.5) is 5.69 Å². The lowest BCUT2D eigenvalue weighted by atomic mass is 10.1. The van der Waals surface area contributed by atoms with Crippen LogP contribution < -0.4 is 5.32 Å². The predicted molar refractivity (Wildman–Crippen MR) is 110 cm³/mol. The van der Waals surface area contributed by atoms with Crippen molar-refractivity contribution < 1.29 is 9.59 Å². The monoisotopic (exact) mass is 387 g/mol. The highest BCUT2D eigenvalue weighted by Crippen LogP contribution is 2.24. The maximum Gasteiger partial charge on any atom is 0.257 e. The van der Waals surface area contributed by atoms with Gasteiger partial charge in [0.25, 0.3) is 5.91 Å². The van der Waals surface area contributed by atoms with Gasteiger partial charge in [0, 0.05) is 11.3 Å². The van der Waals surface area contributed by atoms with Gasteiger partial charge in [-0.2, -0.15) is 5.26 Å². The van der Waals surface area contributed by atoms with Crippen LogP contribution in [0, 0.1) is 18.3 Å². The highest BCUT2D eigenvalue weighted by atomic mass is 32.2. The standard InChI is InChI=1S/C22H17N3O2S/c1-15-19(21(27)25-18-10-6-3-7-11-18)12-17(13-23)22(24-15)28-14-20(26)16-8-4-2-5-9-16/h2-12H,14H2,1H3,(H,25,27). The Balaban J connectivity index is 1.77. The summed E-state index contributed by atoms with van der Waals surface area (Å²) in [6, 6.07) is 21.6. The molecule has 5 nitrogen and oxygen atoms in total. The Kier molecular flexibility index (Phi) is 6.20. The quantitative estimate of drug-likeness (QED) is 0.498. The Morgan fingerprint density at radius 2 is 1.71 bits per heavy atom. The van der Waals surface area contributed by atoms with Gasteiger partial charge in [0.15, 0.2) is 5.78 Å². The third-order valence-electron chi connectivity index (χ3n) is 4.01. The summed E-state index contributed by atoms with van der Waals surface area (Å²) in [5.74, 6) is -0.204. The summed E-state index contributed by atoms with van der Waals surface area (Å²) in [5, 5.41) is 12.7. The van der Waals surface area contributed by atoms with Crippen LogP contribution in [0.25, 0.3) is 0 Å². The molecular weight excluding hydrogens is 370 g/mol. The van der Waals surface area contributed by atoms with Gasteiger partial charge in [0.05, 0.1) is 22.6 Å². The summed E-state index contributed by atoms with van der Waals surface area (Å²) in [5.41, 5.74) is 2.39. The number of benzene rings is 2. The number of aromatic nitrogens is 1. The van der Waals surface area contributed by atoms with Crippen molar-refractivity contribution in [1.29, 1.82) is 5.26 Å². The number of nitrogens with zero attached hydrogens (tertiary/aromatic N) is 2. The summed E-state index contributed by atoms with van der Waals surface area (Å²) >= 11 is 1.20. The van der Waals surface area contributed by atoms with Gasteiger partial charge in [-0.15, -0.1) is 0 Å². The first kappa shape index (κ1) is 19.3. The average Bonchev–Trinajstić information content (AvgIpc) is 2.73. The van der Waals surface area contributed by atoms with Gasteiger partial charge in [-0.05, 0) is 25.1 Å². The molecule has 6 heteroatoms. The lowest BCUT2D eigenvalue weighted by Crippen LogP contribution is -2.15. The molecular formula is C22H17N3O2S. The number of hydrogen-bond acceptors (Lipinski definition) is 5. The van der Waals surface area contributed by atoms with E-state index in [-0.39, 0.29) is 23.0 Å². The minimum absolute atomic E-state index is 0.0418. The summed E-state index contributed by atoms with van der Waals surface area (Å²) < 4.78 is 0. The number of ketones is 1. The van der Waals surface area contributed by atoms with Crippen LogP contribution in [-0.4, -0.2) is 22.4 Å². The van der Waals surface area contributed by atoms with E-state index in [1.54, 1.807) is 43.3 Å². The number of anilines is 1. The molecule has 0 aliphatic carbocycles. The maximum absolute atomic E-state index is 12.5. The van der Waals surface area contributed by atoms with Crippen LogP contribution in [0.5, 0.6) is 0 Å². The molecule has 0 atom stereocenters. The first-order valence-corrected chi connectivity index (χ1v) is 9.56. The Labute approximate surface area is 167 Å². The number of carbonyl (C=O) groups is 2. The van der Waals surface area contributed by atoms with Gasteiger partial charge in [-0.1, -0.05) is 60.3 Å². The van der Waals surface area contributed by atoms with E-state index < -0.39 is 0 Å². The Bertz CT molecular complexity index is 1040. The molecule has 0 saturated heterocycles. The number of Topliss-reactive ketones (excluding diaryl/α,β-unsaturated/α-hetero) is 1. The lowest BCUT2D eigenvalue weighted by Gasteiger charge is -2.10. The first-order chi connectivity index (χ1) is 13.6. The van der Waals surface area contributed by atoms with Crippen molar-refractivity contribution in [3.8, 4) is 6.07 Å². The third kappa shape index (κ3) is 4.64. The van der Waals surface area contributed by atoms with Gasteiger partial charge < -0.3 is 5.32 Å². The van der Waals surface area contributed by atoms with E-state index in [0.29, 0.717) is 27.5 Å². The second-order valence-electron chi connectivity index (χ2n) is 5.98. The molecule has 0 aliphatic heterocycles. The van der Waals surface area contributed by atoms with Crippen molar-refractivity contribution in [2.75, 3.05) is 11.1 Å². The van der Waals surface area contributed by atoms with E-state index in [4.69, 9.17) is 0 Å². The molecule has 0 radical (unpaired) electrons. The van der Waals surface area contributed by atoms with Crippen LogP contribution in [-0.2, 0) is 0 Å². The molecule has 0 aliphatic rings. The van der Waals surface area contributed by atoms with Crippen molar-refractivity contribution in [3.63, 3.8) is 0 Å². The molecule has 3 rings (SSSR count). The van der Waals surface area contributed by atoms with Crippen LogP contribution in [0.1, 0.15) is 32.0 Å². The number of thioether (sulfide) groups is 1. The SMILES string of the molecule is Cc1nc(SCC(=O)c2ccccc2)c(C#N)cc1C(=O)Nc1ccccc1. The van der Waals surface area contributed by atoms with E-state index >= 15 is 0 Å². The lowest BCUT2D eigenvalue weighted by molar-refractivity contribution is 0.101. The van der Waals surface area contributed by atoms with E-state index in [1.165, 1.54) is 17.8 Å². The largest absolute Gasteiger partial charge is 0.322 e. The number of amides is 1. The van der Waals surface area contributed by atoms with Crippen LogP contribution in [0.15, 0.2) is 71.8 Å². The molecule has 0 unspecified atom stereocenters. The summed E-state index contributed by atoms with van der Waals surface area (Å²) in [6.07, 6.45) is 0. The average molecular weight is 387 g/mol. The molecule has 0 spiro atoms. The van der Waals surface area contributed by atoms with Gasteiger partial charge in [0.2, 0.25) is 0 Å². The molecule has 3 aromatic rings. The molecule has 1 aromatic heterocycles. The second kappa shape index (κ2) is 8.98. The molecule has 138 valence electrons. The Morgan fingerprint density at radius 3 is 2.36 bits per heavy atom. The van der Waals surface area contributed by atoms with Crippen molar-refractivity contribution in [2.24, 2.45) is 0 Å². The normalized spacial score (nSPS) is 10.1. The smallest absolute Gasteiger partial charge is 0.257 e. The predicted octanol–water partition coefficient (Wildman–Crippen LogP) is 4.49. The van der Waals surface area contributed by atoms with Gasteiger partial charge in [-0.3, -0.25) is 9.59 Å². The van der Waals surface area contributed by atoms with E-state index in [0.717, 1.165) is 0 Å². The topological polar surface area (TPSA) is 82.8 Å². The number of pyridine rings is 1. The molecule has 28 heavy (non-hydrogen) atoms. The molecule has 1 N–H and O–H groups in total. The highest BCUT2D eigenvalue weighted by molar-refractivity contribution is 8.00. The van der Waals surface area contributed by atoms with E-state index in [1.807, 2.05) is 24.3 Å². The zero-order valence-electron chi connectivity index (χ0n) is 15.2. The fourth-order valence-electron chi connectivity index (χ4n) is 2.56. The fraction of sp³-hybridized carbons (Fsp3) is 0.0909. The summed E-state index contributed by atoms with van der Waals surface area (Å²) in [6.45, 7) is 1.71. The molecule has 0 bridgehead atoms. The number of nitriles is 1. The van der Waals surface area contributed by atoms with Crippen LogP contribution in [0.3, 0.4) is 0 Å². The van der Waals surface area contributed by atoms with Crippen LogP contribution in [0.2, 0.25) is 0 Å². The number of para-hydroxylation sites is 1. The molecule has 1 amide bonds. The molecule has 2 aromatic carbocycles. The number of rotatable bonds is 6. The molecule has 0 saturated carbocycles. The molecule has 0 fully saturated rings. The Hall–Kier alpha value is -3.43. The highest BCUT2D eigenvalue weighted by Gasteiger charge is 2.17. The van der Waals surface area contributed by atoms with Gasteiger partial charge in [-0.25, -0.2) is 4.98 Å². The van der Waals surface area contributed by atoms with Crippen molar-refractivity contribution in [2.45, 2.75) is 11.9 Å². The first-order valence-electron chi connectivity index (χ1n) is 8.57. The Morgan fingerprint density at radius 1 is 1.07 bits per heavy atom. The van der Waals surface area contributed by atoms with Gasteiger partial charge >= 0.3 is 0 Å². The van der Waals surface area contributed by atoms with Crippen molar-refractivity contribution >= 4 is 29.1 Å². The number of carbonyl (C=O) groups excluding carboxylic acids is 2. The summed E-state index contributed by atoms with van der Waals surface area (Å²) in [4.78, 5) is 29.2. The third-order valence-corrected chi connectivity index (χ3v) is 5.00. The van der Waals surface area contributed by atoms with E-state index in [2.05, 4.69) is 16.4 Å². The maximum atomic E-state index is 12.5. The minimum atomic E-state index is -0.329. The van der Waals surface area contributed by atoms with Crippen molar-refractivity contribution in [1.82, 2.24) is 4.98 Å². The zero-order chi connectivity index (χ0) is 19.9. The second-order valence-corrected chi connectivity index (χ2v) is 6.95. The fourth-order valence-corrected chi connectivity index (χ4v) is 3.46. The summed E-state index contributed by atoms with van der Waals surface area (Å²) in [7, 11) is 0. The zero-order valence-corrected chi connectivity index (χ0v) is 16.0. The number of nitrogens with one attached hydrogen (secondary N) is 1. The van der Waals surface area contributed by atoms with Gasteiger partial charge in [0.1, 0.15) is 11.1 Å². The number of hydrogen-bond donors (Lipinski definition) is 1.